The molecule has 0 bridgehead atoms. The summed E-state index contributed by atoms with van der Waals surface area (Å²) >= 11 is 0. The predicted octanol–water partition coefficient (Wildman–Crippen LogP) is 0.255. The molecule has 3 N–H and O–H groups in total. The molecule has 0 saturated carbocycles. The zero-order valence-corrected chi connectivity index (χ0v) is 11.8. The van der Waals surface area contributed by atoms with Crippen LogP contribution in [0.3, 0.4) is 0 Å². The van der Waals surface area contributed by atoms with Crippen molar-refractivity contribution in [2.75, 3.05) is 36.4 Å². The van der Waals surface area contributed by atoms with E-state index in [4.69, 9.17) is 5.84 Å². The fourth-order valence-corrected chi connectivity index (χ4v) is 1.59. The minimum absolute atomic E-state index is 0.326. The van der Waals surface area contributed by atoms with Crippen LogP contribution in [0, 0.1) is 0 Å². The second kappa shape index (κ2) is 6.11. The Morgan fingerprint density at radius 1 is 1.10 bits per heavy atom. The van der Waals surface area contributed by atoms with Crippen LogP contribution in [0.15, 0.2) is 24.4 Å². The molecule has 0 amide bonds. The van der Waals surface area contributed by atoms with Gasteiger partial charge >= 0.3 is 0 Å². The highest BCUT2D eigenvalue weighted by molar-refractivity contribution is 5.43. The minimum Gasteiger partial charge on any atom is -0.347 e. The Bertz CT molecular complexity index is 557. The van der Waals surface area contributed by atoms with E-state index in [1.54, 1.807) is 11.1 Å². The standard InChI is InChI=1S/C12H18N8/c1-19(2)11-15-10(18-13)16-12(17-11)20(3)8-9-6-4-5-7-14-9/h4-7H,8,13H2,1-3H3,(H,15,16,17,18). The van der Waals surface area contributed by atoms with E-state index in [0.29, 0.717) is 24.4 Å². The molecule has 0 unspecified atom stereocenters. The van der Waals surface area contributed by atoms with E-state index in [1.807, 2.05) is 44.2 Å². The molecule has 20 heavy (non-hydrogen) atoms. The lowest BCUT2D eigenvalue weighted by molar-refractivity contribution is 0.824. The number of aromatic nitrogens is 4. The fraction of sp³-hybridized carbons (Fsp3) is 0.333. The van der Waals surface area contributed by atoms with E-state index in [-0.39, 0.29) is 0 Å². The number of anilines is 3. The molecule has 8 heteroatoms. The number of nitrogens with one attached hydrogen (secondary N) is 1. The van der Waals surface area contributed by atoms with E-state index in [0.717, 1.165) is 5.69 Å². The average molecular weight is 274 g/mol. The van der Waals surface area contributed by atoms with E-state index >= 15 is 0 Å². The highest BCUT2D eigenvalue weighted by atomic mass is 15.4. The highest BCUT2D eigenvalue weighted by Gasteiger charge is 2.11. The van der Waals surface area contributed by atoms with Crippen LogP contribution < -0.4 is 21.1 Å². The van der Waals surface area contributed by atoms with Crippen molar-refractivity contribution in [1.29, 1.82) is 0 Å². The summed E-state index contributed by atoms with van der Waals surface area (Å²) in [6, 6.07) is 5.78. The van der Waals surface area contributed by atoms with Crippen LogP contribution >= 0.6 is 0 Å². The molecule has 8 nitrogen and oxygen atoms in total. The van der Waals surface area contributed by atoms with Gasteiger partial charge in [-0.1, -0.05) is 6.07 Å². The number of nitrogens with two attached hydrogens (primary N) is 1. The van der Waals surface area contributed by atoms with Gasteiger partial charge in [0, 0.05) is 27.3 Å². The molecule has 0 radical (unpaired) electrons. The topological polar surface area (TPSA) is 96.1 Å². The summed E-state index contributed by atoms with van der Waals surface area (Å²) in [6.45, 7) is 0.599. The van der Waals surface area contributed by atoms with Gasteiger partial charge in [-0.15, -0.1) is 0 Å². The van der Waals surface area contributed by atoms with Crippen molar-refractivity contribution in [3.8, 4) is 0 Å². The van der Waals surface area contributed by atoms with Gasteiger partial charge in [0.05, 0.1) is 12.2 Å². The van der Waals surface area contributed by atoms with Crippen LogP contribution in [0.1, 0.15) is 5.69 Å². The third-order valence-electron chi connectivity index (χ3n) is 2.61. The highest BCUT2D eigenvalue weighted by Crippen LogP contribution is 2.15. The van der Waals surface area contributed by atoms with Crippen LogP contribution in [-0.4, -0.2) is 41.1 Å². The SMILES string of the molecule is CN(C)c1nc(NN)nc(N(C)Cc2ccccn2)n1. The van der Waals surface area contributed by atoms with Crippen LogP contribution in [0.2, 0.25) is 0 Å². The molecular formula is C12H18N8. The maximum absolute atomic E-state index is 5.39. The van der Waals surface area contributed by atoms with Crippen molar-refractivity contribution in [2.45, 2.75) is 6.54 Å². The molecule has 2 aromatic heterocycles. The van der Waals surface area contributed by atoms with E-state index in [9.17, 15) is 0 Å². The molecular weight excluding hydrogens is 256 g/mol. The summed E-state index contributed by atoms with van der Waals surface area (Å²) < 4.78 is 0. The van der Waals surface area contributed by atoms with Gasteiger partial charge < -0.3 is 9.80 Å². The van der Waals surface area contributed by atoms with Gasteiger partial charge in [0.1, 0.15) is 0 Å². The fourth-order valence-electron chi connectivity index (χ4n) is 1.59. The molecule has 0 aliphatic heterocycles. The van der Waals surface area contributed by atoms with Gasteiger partial charge in [0.15, 0.2) is 0 Å². The lowest BCUT2D eigenvalue weighted by Crippen LogP contribution is -2.24. The Kier molecular flexibility index (Phi) is 4.26. The monoisotopic (exact) mass is 274 g/mol. The Labute approximate surface area is 117 Å². The zero-order chi connectivity index (χ0) is 14.5. The van der Waals surface area contributed by atoms with Gasteiger partial charge in [-0.3, -0.25) is 10.4 Å². The lowest BCUT2D eigenvalue weighted by atomic mass is 10.3. The molecule has 0 saturated heterocycles. The second-order valence-electron chi connectivity index (χ2n) is 4.47. The second-order valence-corrected chi connectivity index (χ2v) is 4.47. The first-order chi connectivity index (χ1) is 9.60. The lowest BCUT2D eigenvalue weighted by Gasteiger charge is -2.19. The zero-order valence-electron chi connectivity index (χ0n) is 11.8. The van der Waals surface area contributed by atoms with Crippen LogP contribution in [0.4, 0.5) is 17.8 Å². The summed E-state index contributed by atoms with van der Waals surface area (Å²) in [7, 11) is 5.61. The van der Waals surface area contributed by atoms with Crippen LogP contribution in [0.5, 0.6) is 0 Å². The maximum atomic E-state index is 5.39. The number of nitrogen functional groups attached to an aromatic ring is 1. The number of pyridine rings is 1. The molecule has 2 heterocycles. The summed E-state index contributed by atoms with van der Waals surface area (Å²) in [6.07, 6.45) is 1.76. The summed E-state index contributed by atoms with van der Waals surface area (Å²) in [4.78, 5) is 20.8. The van der Waals surface area contributed by atoms with Crippen molar-refractivity contribution < 1.29 is 0 Å². The first-order valence-corrected chi connectivity index (χ1v) is 6.11. The number of hydrogen-bond acceptors (Lipinski definition) is 8. The van der Waals surface area contributed by atoms with Crippen LogP contribution in [-0.2, 0) is 6.54 Å². The number of hydrazine groups is 1. The molecule has 0 aliphatic rings. The Balaban J connectivity index is 2.24. The molecule has 0 aromatic carbocycles. The maximum Gasteiger partial charge on any atom is 0.243 e. The molecule has 2 aromatic rings. The molecule has 0 spiro atoms. The van der Waals surface area contributed by atoms with E-state index in [2.05, 4.69) is 25.4 Å². The van der Waals surface area contributed by atoms with Crippen molar-refractivity contribution in [1.82, 2.24) is 19.9 Å². The normalized spacial score (nSPS) is 10.2. The van der Waals surface area contributed by atoms with Gasteiger partial charge in [-0.2, -0.15) is 15.0 Å². The Hall–Kier alpha value is -2.48. The Morgan fingerprint density at radius 2 is 1.85 bits per heavy atom. The van der Waals surface area contributed by atoms with Gasteiger partial charge in [-0.05, 0) is 12.1 Å². The van der Waals surface area contributed by atoms with Crippen molar-refractivity contribution in [2.24, 2.45) is 5.84 Å². The van der Waals surface area contributed by atoms with E-state index < -0.39 is 0 Å². The third-order valence-corrected chi connectivity index (χ3v) is 2.61. The molecule has 2 rings (SSSR count). The smallest absolute Gasteiger partial charge is 0.243 e. The van der Waals surface area contributed by atoms with Gasteiger partial charge in [0.25, 0.3) is 0 Å². The van der Waals surface area contributed by atoms with Crippen molar-refractivity contribution in [3.05, 3.63) is 30.1 Å². The quantitative estimate of drug-likeness (QED) is 0.592. The number of hydrogen-bond donors (Lipinski definition) is 2. The summed E-state index contributed by atoms with van der Waals surface area (Å²) in [5, 5.41) is 0. The van der Waals surface area contributed by atoms with Gasteiger partial charge in [-0.25, -0.2) is 5.84 Å². The molecule has 106 valence electrons. The number of rotatable bonds is 5. The number of nitrogens with zero attached hydrogens (tertiary/aromatic N) is 6. The van der Waals surface area contributed by atoms with Crippen LogP contribution in [0.25, 0.3) is 0 Å². The molecule has 0 aliphatic carbocycles. The molecule has 0 atom stereocenters. The average Bonchev–Trinajstić information content (AvgIpc) is 2.47. The summed E-state index contributed by atoms with van der Waals surface area (Å²) in [5.74, 6) is 6.78. The third kappa shape index (κ3) is 3.29. The van der Waals surface area contributed by atoms with Gasteiger partial charge in [0.2, 0.25) is 17.8 Å². The first-order valence-electron chi connectivity index (χ1n) is 6.11. The predicted molar refractivity (Wildman–Crippen MR) is 78.3 cm³/mol. The van der Waals surface area contributed by atoms with Crippen molar-refractivity contribution in [3.63, 3.8) is 0 Å². The first kappa shape index (κ1) is 13.9. The minimum atomic E-state index is 0.326. The van der Waals surface area contributed by atoms with E-state index in [1.165, 1.54) is 0 Å². The summed E-state index contributed by atoms with van der Waals surface area (Å²) in [5.41, 5.74) is 3.38. The van der Waals surface area contributed by atoms with Crippen molar-refractivity contribution >= 4 is 17.8 Å². The molecule has 0 fully saturated rings. The Morgan fingerprint density at radius 3 is 2.45 bits per heavy atom. The largest absolute Gasteiger partial charge is 0.347 e.